The maximum atomic E-state index is 12.5. The Hall–Kier alpha value is -3.31. The Morgan fingerprint density at radius 3 is 2.48 bits per heavy atom. The summed E-state index contributed by atoms with van der Waals surface area (Å²) in [4.78, 5) is 17.4. The zero-order valence-electron chi connectivity index (χ0n) is 17.6. The van der Waals surface area contributed by atoms with Gasteiger partial charge in [0.15, 0.2) is 5.82 Å². The molecule has 174 valence electrons. The fourth-order valence-electron chi connectivity index (χ4n) is 3.25. The van der Waals surface area contributed by atoms with Crippen LogP contribution in [0.5, 0.6) is 5.75 Å². The number of pyridine rings is 1. The van der Waals surface area contributed by atoms with E-state index in [-0.39, 0.29) is 22.5 Å². The van der Waals surface area contributed by atoms with Crippen LogP contribution in [0.2, 0.25) is 5.02 Å². The van der Waals surface area contributed by atoms with Crippen LogP contribution in [0.25, 0.3) is 0 Å². The number of anilines is 5. The third kappa shape index (κ3) is 6.36. The van der Waals surface area contributed by atoms with Crippen LogP contribution in [-0.4, -0.2) is 59.4 Å². The summed E-state index contributed by atoms with van der Waals surface area (Å²) in [5.74, 6) is 0.624. The number of nitrogens with zero attached hydrogens (tertiary/aromatic N) is 5. The van der Waals surface area contributed by atoms with Crippen molar-refractivity contribution in [3.63, 3.8) is 0 Å². The van der Waals surface area contributed by atoms with Gasteiger partial charge in [-0.25, -0.2) is 9.97 Å². The van der Waals surface area contributed by atoms with Crippen LogP contribution < -0.4 is 20.3 Å². The van der Waals surface area contributed by atoms with Gasteiger partial charge in [0.1, 0.15) is 16.6 Å². The fraction of sp³-hybridized carbons (Fsp3) is 0.286. The van der Waals surface area contributed by atoms with Crippen molar-refractivity contribution >= 4 is 40.6 Å². The number of hydrogen-bond acceptors (Lipinski definition) is 8. The molecule has 1 aliphatic heterocycles. The number of benzene rings is 1. The molecule has 4 rings (SSSR count). The second-order valence-electron chi connectivity index (χ2n) is 7.41. The van der Waals surface area contributed by atoms with E-state index in [4.69, 9.17) is 11.6 Å². The molecule has 1 fully saturated rings. The van der Waals surface area contributed by atoms with E-state index < -0.39 is 6.36 Å². The van der Waals surface area contributed by atoms with Crippen molar-refractivity contribution < 1.29 is 17.9 Å². The lowest BCUT2D eigenvalue weighted by molar-refractivity contribution is -0.274. The highest BCUT2D eigenvalue weighted by Gasteiger charge is 2.31. The molecule has 2 N–H and O–H groups in total. The lowest BCUT2D eigenvalue weighted by Gasteiger charge is -2.33. The van der Waals surface area contributed by atoms with Gasteiger partial charge in [0, 0.05) is 37.9 Å². The van der Waals surface area contributed by atoms with E-state index in [1.165, 1.54) is 24.4 Å². The Morgan fingerprint density at radius 1 is 1.00 bits per heavy atom. The maximum Gasteiger partial charge on any atom is 0.573 e. The summed E-state index contributed by atoms with van der Waals surface area (Å²) in [6, 6.07) is 9.18. The summed E-state index contributed by atoms with van der Waals surface area (Å²) >= 11 is 6.16. The molecule has 2 aromatic heterocycles. The average molecular weight is 480 g/mol. The number of piperazine rings is 1. The normalized spacial score (nSPS) is 14.8. The molecule has 8 nitrogen and oxygen atoms in total. The van der Waals surface area contributed by atoms with Gasteiger partial charge in [0.2, 0.25) is 5.95 Å². The topological polar surface area (TPSA) is 78.4 Å². The van der Waals surface area contributed by atoms with Crippen molar-refractivity contribution in [2.24, 2.45) is 0 Å². The minimum atomic E-state index is -4.78. The Bertz CT molecular complexity index is 1090. The van der Waals surface area contributed by atoms with Gasteiger partial charge in [-0.1, -0.05) is 17.7 Å². The number of rotatable bonds is 6. The van der Waals surface area contributed by atoms with E-state index >= 15 is 0 Å². The van der Waals surface area contributed by atoms with Gasteiger partial charge in [-0.3, -0.25) is 0 Å². The Kier molecular flexibility index (Phi) is 6.70. The molecule has 1 saturated heterocycles. The van der Waals surface area contributed by atoms with Crippen LogP contribution in [0.3, 0.4) is 0 Å². The molecule has 12 heteroatoms. The molecule has 0 saturated carbocycles. The second kappa shape index (κ2) is 9.67. The highest BCUT2D eigenvalue weighted by Crippen LogP contribution is 2.29. The molecule has 0 atom stereocenters. The van der Waals surface area contributed by atoms with Crippen molar-refractivity contribution in [1.82, 2.24) is 19.9 Å². The number of nitrogens with one attached hydrogen (secondary N) is 2. The summed E-state index contributed by atoms with van der Waals surface area (Å²) in [6.45, 7) is 3.88. The van der Waals surface area contributed by atoms with Crippen molar-refractivity contribution in [2.45, 2.75) is 6.36 Å². The molecule has 1 aromatic carbocycles. The molecule has 0 unspecified atom stereocenters. The molecular weight excluding hydrogens is 459 g/mol. The van der Waals surface area contributed by atoms with E-state index in [1.807, 2.05) is 12.1 Å². The van der Waals surface area contributed by atoms with Crippen LogP contribution in [-0.2, 0) is 0 Å². The smallest absolute Gasteiger partial charge is 0.406 e. The number of halogens is 4. The summed E-state index contributed by atoms with van der Waals surface area (Å²) in [5, 5.41) is 6.08. The Balaban J connectivity index is 1.44. The summed E-state index contributed by atoms with van der Waals surface area (Å²) in [6.07, 6.45) is -1.61. The van der Waals surface area contributed by atoms with E-state index in [9.17, 15) is 13.2 Å². The number of hydrogen-bond donors (Lipinski definition) is 2. The summed E-state index contributed by atoms with van der Waals surface area (Å²) in [5.41, 5.74) is 1.35. The van der Waals surface area contributed by atoms with Gasteiger partial charge in [-0.2, -0.15) is 4.98 Å². The van der Waals surface area contributed by atoms with E-state index in [2.05, 4.69) is 47.2 Å². The fourth-order valence-corrected chi connectivity index (χ4v) is 3.39. The SMILES string of the molecule is CN1CCN(c2ccc(Nc3ncc(Cl)c(Nc4cccc(OC(F)(F)F)c4)n3)nc2)CC1. The molecule has 0 radical (unpaired) electrons. The highest BCUT2D eigenvalue weighted by molar-refractivity contribution is 6.32. The monoisotopic (exact) mass is 479 g/mol. The summed E-state index contributed by atoms with van der Waals surface area (Å²) < 4.78 is 41.3. The summed E-state index contributed by atoms with van der Waals surface area (Å²) in [7, 11) is 2.10. The lowest BCUT2D eigenvalue weighted by atomic mass is 10.3. The second-order valence-corrected chi connectivity index (χ2v) is 7.81. The molecule has 1 aliphatic rings. The first kappa shape index (κ1) is 22.9. The molecule has 3 aromatic rings. The molecule has 0 bridgehead atoms. The predicted molar refractivity (Wildman–Crippen MR) is 121 cm³/mol. The van der Waals surface area contributed by atoms with E-state index in [0.29, 0.717) is 11.5 Å². The van der Waals surface area contributed by atoms with Crippen LogP contribution in [0.1, 0.15) is 0 Å². The molecule has 0 spiro atoms. The number of alkyl halides is 3. The third-order valence-corrected chi connectivity index (χ3v) is 5.21. The Labute approximate surface area is 193 Å². The number of aromatic nitrogens is 3. The van der Waals surface area contributed by atoms with Crippen LogP contribution in [0.4, 0.5) is 42.1 Å². The number of likely N-dealkylation sites (N-methyl/N-ethyl adjacent to an activating group) is 1. The molecule has 33 heavy (non-hydrogen) atoms. The minimum Gasteiger partial charge on any atom is -0.406 e. The van der Waals surface area contributed by atoms with Gasteiger partial charge >= 0.3 is 6.36 Å². The molecule has 3 heterocycles. The van der Waals surface area contributed by atoms with Crippen molar-refractivity contribution in [3.05, 3.63) is 53.8 Å². The number of ether oxygens (including phenoxy) is 1. The first-order chi connectivity index (χ1) is 15.7. The standard InChI is InChI=1S/C21H21ClF3N7O/c1-31-7-9-32(10-8-31)15-5-6-18(26-12-15)29-20-27-13-17(22)19(30-20)28-14-3-2-4-16(11-14)33-21(23,24)25/h2-6,11-13H,7-10H2,1H3,(H2,26,27,28,29,30). The van der Waals surface area contributed by atoms with E-state index in [1.54, 1.807) is 12.3 Å². The largest absolute Gasteiger partial charge is 0.573 e. The van der Waals surface area contributed by atoms with Crippen LogP contribution in [0.15, 0.2) is 48.8 Å². The van der Waals surface area contributed by atoms with Gasteiger partial charge in [-0.05, 0) is 31.3 Å². The highest BCUT2D eigenvalue weighted by atomic mass is 35.5. The van der Waals surface area contributed by atoms with Crippen LogP contribution in [0, 0.1) is 0 Å². The molecule has 0 aliphatic carbocycles. The van der Waals surface area contributed by atoms with Crippen molar-refractivity contribution in [2.75, 3.05) is 48.8 Å². The van der Waals surface area contributed by atoms with E-state index in [0.717, 1.165) is 31.9 Å². The van der Waals surface area contributed by atoms with Gasteiger partial charge < -0.3 is 25.2 Å². The van der Waals surface area contributed by atoms with Gasteiger partial charge in [0.25, 0.3) is 0 Å². The maximum absolute atomic E-state index is 12.5. The third-order valence-electron chi connectivity index (χ3n) is 4.93. The molecular formula is C21H21ClF3N7O. The average Bonchev–Trinajstić information content (AvgIpc) is 2.76. The quantitative estimate of drug-likeness (QED) is 0.528. The first-order valence-electron chi connectivity index (χ1n) is 10.1. The zero-order chi connectivity index (χ0) is 23.4. The lowest BCUT2D eigenvalue weighted by Crippen LogP contribution is -2.44. The Morgan fingerprint density at radius 2 is 1.79 bits per heavy atom. The first-order valence-corrected chi connectivity index (χ1v) is 10.4. The van der Waals surface area contributed by atoms with Crippen LogP contribution >= 0.6 is 11.6 Å². The molecule has 0 amide bonds. The predicted octanol–water partition coefficient (Wildman–Crippen LogP) is 4.66. The van der Waals surface area contributed by atoms with Crippen molar-refractivity contribution in [1.29, 1.82) is 0 Å². The van der Waals surface area contributed by atoms with Gasteiger partial charge in [0.05, 0.1) is 18.1 Å². The minimum absolute atomic E-state index is 0.195. The van der Waals surface area contributed by atoms with Crippen molar-refractivity contribution in [3.8, 4) is 5.75 Å². The van der Waals surface area contributed by atoms with Gasteiger partial charge in [-0.15, -0.1) is 13.2 Å². The zero-order valence-corrected chi connectivity index (χ0v) is 18.4.